The van der Waals surface area contributed by atoms with Gasteiger partial charge in [-0.2, -0.15) is 0 Å². The van der Waals surface area contributed by atoms with Crippen molar-refractivity contribution in [1.82, 2.24) is 0 Å². The molecule has 0 aromatic heterocycles. The normalized spacial score (nSPS) is 21.0. The van der Waals surface area contributed by atoms with Crippen LogP contribution in [0, 0.1) is 5.41 Å². The molecule has 0 aromatic carbocycles. The maximum absolute atomic E-state index is 10.5. The second-order valence-electron chi connectivity index (χ2n) is 3.87. The highest BCUT2D eigenvalue weighted by molar-refractivity contribution is 5.64. The van der Waals surface area contributed by atoms with E-state index in [1.807, 2.05) is 0 Å². The van der Waals surface area contributed by atoms with E-state index in [9.17, 15) is 4.79 Å². The Labute approximate surface area is 78.6 Å². The van der Waals surface area contributed by atoms with Crippen LogP contribution in [0.1, 0.15) is 32.1 Å². The molecular formula is C9H18N2O2. The molecule has 0 heterocycles. The molecule has 4 heteroatoms. The second-order valence-corrected chi connectivity index (χ2v) is 3.87. The number of primary amides is 1. The maximum Gasteiger partial charge on any atom is 0.404 e. The first-order valence-electron chi connectivity index (χ1n) is 4.81. The molecule has 4 N–H and O–H groups in total. The van der Waals surface area contributed by atoms with E-state index in [4.69, 9.17) is 16.2 Å². The van der Waals surface area contributed by atoms with E-state index >= 15 is 0 Å². The number of nitrogens with two attached hydrogens (primary N) is 2. The van der Waals surface area contributed by atoms with Crippen LogP contribution in [0.25, 0.3) is 0 Å². The Hall–Kier alpha value is -0.770. The molecule has 0 radical (unpaired) electrons. The summed E-state index contributed by atoms with van der Waals surface area (Å²) in [7, 11) is 0. The molecule has 0 spiro atoms. The predicted molar refractivity (Wildman–Crippen MR) is 50.1 cm³/mol. The Kier molecular flexibility index (Phi) is 3.54. The molecule has 0 atom stereocenters. The van der Waals surface area contributed by atoms with Crippen molar-refractivity contribution in [2.24, 2.45) is 16.9 Å². The van der Waals surface area contributed by atoms with Gasteiger partial charge in [-0.05, 0) is 12.8 Å². The summed E-state index contributed by atoms with van der Waals surface area (Å²) < 4.78 is 4.83. The zero-order valence-corrected chi connectivity index (χ0v) is 7.92. The van der Waals surface area contributed by atoms with Crippen LogP contribution in [0.5, 0.6) is 0 Å². The minimum atomic E-state index is -0.696. The summed E-state index contributed by atoms with van der Waals surface area (Å²) in [5, 5.41) is 0. The van der Waals surface area contributed by atoms with Gasteiger partial charge in [0.05, 0.1) is 6.61 Å². The van der Waals surface area contributed by atoms with Crippen LogP contribution in [-0.4, -0.2) is 19.2 Å². The molecule has 0 aromatic rings. The molecule has 13 heavy (non-hydrogen) atoms. The van der Waals surface area contributed by atoms with Gasteiger partial charge in [0, 0.05) is 12.0 Å². The topological polar surface area (TPSA) is 78.3 Å². The molecule has 4 nitrogen and oxygen atoms in total. The molecule has 1 aliphatic carbocycles. The highest BCUT2D eigenvalue weighted by Gasteiger charge is 2.31. The quantitative estimate of drug-likeness (QED) is 0.690. The van der Waals surface area contributed by atoms with Crippen molar-refractivity contribution in [2.45, 2.75) is 32.1 Å². The molecule has 1 aliphatic rings. The summed E-state index contributed by atoms with van der Waals surface area (Å²) in [6.45, 7) is 0.971. The van der Waals surface area contributed by atoms with Crippen molar-refractivity contribution in [3.05, 3.63) is 0 Å². The lowest BCUT2D eigenvalue weighted by atomic mass is 9.75. The van der Waals surface area contributed by atoms with Gasteiger partial charge >= 0.3 is 6.09 Å². The fraction of sp³-hybridized carbons (Fsp3) is 0.889. The number of carbonyl (C=O) groups excluding carboxylic acids is 1. The first kappa shape index (κ1) is 10.3. The third-order valence-corrected chi connectivity index (χ3v) is 2.87. The van der Waals surface area contributed by atoms with Gasteiger partial charge in [-0.25, -0.2) is 4.79 Å². The first-order chi connectivity index (χ1) is 6.18. The molecule has 1 amide bonds. The van der Waals surface area contributed by atoms with Crippen LogP contribution >= 0.6 is 0 Å². The highest BCUT2D eigenvalue weighted by Crippen LogP contribution is 2.35. The van der Waals surface area contributed by atoms with E-state index in [-0.39, 0.29) is 5.41 Å². The lowest BCUT2D eigenvalue weighted by Gasteiger charge is -2.35. The van der Waals surface area contributed by atoms with E-state index in [0.717, 1.165) is 12.8 Å². The van der Waals surface area contributed by atoms with Gasteiger partial charge in [-0.1, -0.05) is 19.3 Å². The summed E-state index contributed by atoms with van der Waals surface area (Å²) in [4.78, 5) is 10.5. The molecular weight excluding hydrogens is 168 g/mol. The van der Waals surface area contributed by atoms with Crippen molar-refractivity contribution < 1.29 is 9.53 Å². The number of carbonyl (C=O) groups is 1. The van der Waals surface area contributed by atoms with Crippen LogP contribution in [0.4, 0.5) is 4.79 Å². The summed E-state index contributed by atoms with van der Waals surface area (Å²) in [6, 6.07) is 0. The Morgan fingerprint density at radius 3 is 2.38 bits per heavy atom. The van der Waals surface area contributed by atoms with Crippen LogP contribution in [0.2, 0.25) is 0 Å². The van der Waals surface area contributed by atoms with Gasteiger partial charge in [0.2, 0.25) is 0 Å². The smallest absolute Gasteiger partial charge is 0.404 e. The molecule has 0 saturated heterocycles. The third-order valence-electron chi connectivity index (χ3n) is 2.87. The predicted octanol–water partition coefficient (Wildman–Crippen LogP) is 0.991. The average molecular weight is 186 g/mol. The van der Waals surface area contributed by atoms with Crippen molar-refractivity contribution >= 4 is 6.09 Å². The fourth-order valence-corrected chi connectivity index (χ4v) is 1.93. The number of ether oxygens (including phenoxy) is 1. The van der Waals surface area contributed by atoms with Gasteiger partial charge in [0.15, 0.2) is 0 Å². The molecule has 0 aliphatic heterocycles. The lowest BCUT2D eigenvalue weighted by molar-refractivity contribution is 0.0661. The summed E-state index contributed by atoms with van der Waals surface area (Å²) >= 11 is 0. The molecule has 76 valence electrons. The van der Waals surface area contributed by atoms with Crippen LogP contribution in [0.3, 0.4) is 0 Å². The Morgan fingerprint density at radius 1 is 1.31 bits per heavy atom. The fourth-order valence-electron chi connectivity index (χ4n) is 1.93. The monoisotopic (exact) mass is 186 g/mol. The molecule has 1 rings (SSSR count). The van der Waals surface area contributed by atoms with Crippen LogP contribution in [0.15, 0.2) is 0 Å². The second kappa shape index (κ2) is 4.46. The van der Waals surface area contributed by atoms with Crippen LogP contribution < -0.4 is 11.5 Å². The number of rotatable bonds is 3. The third kappa shape index (κ3) is 2.88. The molecule has 1 saturated carbocycles. The summed E-state index contributed by atoms with van der Waals surface area (Å²) in [5.74, 6) is 0. The highest BCUT2D eigenvalue weighted by atomic mass is 16.5. The Balaban J connectivity index is 2.42. The minimum Gasteiger partial charge on any atom is -0.449 e. The van der Waals surface area contributed by atoms with E-state index in [0.29, 0.717) is 13.2 Å². The van der Waals surface area contributed by atoms with Crippen molar-refractivity contribution in [1.29, 1.82) is 0 Å². The van der Waals surface area contributed by atoms with E-state index in [1.165, 1.54) is 19.3 Å². The standard InChI is InChI=1S/C9H18N2O2/c10-6-9(7-13-8(11)12)4-2-1-3-5-9/h1-7,10H2,(H2,11,12). The number of hydrogen-bond donors (Lipinski definition) is 2. The summed E-state index contributed by atoms with van der Waals surface area (Å²) in [6.07, 6.45) is 5.03. The zero-order chi connectivity index (χ0) is 9.73. The maximum atomic E-state index is 10.5. The SMILES string of the molecule is NCC1(COC(N)=O)CCCCC1. The minimum absolute atomic E-state index is 0.00722. The van der Waals surface area contributed by atoms with Gasteiger partial charge in [0.1, 0.15) is 0 Å². The average Bonchev–Trinajstić information content (AvgIpc) is 2.16. The molecule has 0 bridgehead atoms. The number of hydrogen-bond acceptors (Lipinski definition) is 3. The van der Waals surface area contributed by atoms with E-state index in [2.05, 4.69) is 0 Å². The van der Waals surface area contributed by atoms with E-state index < -0.39 is 6.09 Å². The van der Waals surface area contributed by atoms with Crippen molar-refractivity contribution in [3.63, 3.8) is 0 Å². The zero-order valence-electron chi connectivity index (χ0n) is 7.92. The van der Waals surface area contributed by atoms with Gasteiger partial charge in [0.25, 0.3) is 0 Å². The molecule has 0 unspecified atom stereocenters. The van der Waals surface area contributed by atoms with Crippen molar-refractivity contribution in [2.75, 3.05) is 13.2 Å². The molecule has 1 fully saturated rings. The van der Waals surface area contributed by atoms with Gasteiger partial charge in [-0.15, -0.1) is 0 Å². The Bertz CT molecular complexity index is 176. The van der Waals surface area contributed by atoms with Gasteiger partial charge < -0.3 is 16.2 Å². The largest absolute Gasteiger partial charge is 0.449 e. The van der Waals surface area contributed by atoms with E-state index in [1.54, 1.807) is 0 Å². The van der Waals surface area contributed by atoms with Crippen molar-refractivity contribution in [3.8, 4) is 0 Å². The summed E-state index contributed by atoms with van der Waals surface area (Å²) in [5.41, 5.74) is 10.6. The Morgan fingerprint density at radius 2 is 1.92 bits per heavy atom. The number of amides is 1. The van der Waals surface area contributed by atoms with Crippen LogP contribution in [-0.2, 0) is 4.74 Å². The van der Waals surface area contributed by atoms with Gasteiger partial charge in [-0.3, -0.25) is 0 Å². The lowest BCUT2D eigenvalue weighted by Crippen LogP contribution is -2.38. The first-order valence-corrected chi connectivity index (χ1v) is 4.81.